The predicted molar refractivity (Wildman–Crippen MR) is 90.7 cm³/mol. The van der Waals surface area contributed by atoms with Gasteiger partial charge >= 0.3 is 0 Å². The van der Waals surface area contributed by atoms with Gasteiger partial charge in [0.15, 0.2) is 11.5 Å². The number of benzene rings is 1. The van der Waals surface area contributed by atoms with Crippen molar-refractivity contribution in [3.8, 4) is 11.5 Å². The fraction of sp³-hybridized carbons (Fsp3) is 0.556. The molecule has 1 aromatic carbocycles. The average Bonchev–Trinajstić information content (AvgIpc) is 3.30. The van der Waals surface area contributed by atoms with Gasteiger partial charge in [0.1, 0.15) is 6.04 Å². The summed E-state index contributed by atoms with van der Waals surface area (Å²) >= 11 is 0. The number of likely N-dealkylation sites (tertiary alicyclic amines) is 1. The molecule has 7 heteroatoms. The molecule has 134 valence electrons. The standard InChI is InChI=1S/C18H23N3O4/c22-17(20-13-5-7-19-8-6-13)14-2-1-9-21(14)18(23)12-3-4-15-16(10-12)25-11-24-15/h3-4,10,13-14,19H,1-2,5-9,11H2,(H,20,22). The summed E-state index contributed by atoms with van der Waals surface area (Å²) in [6.07, 6.45) is 3.44. The summed E-state index contributed by atoms with van der Waals surface area (Å²) in [4.78, 5) is 27.3. The van der Waals surface area contributed by atoms with Gasteiger partial charge < -0.3 is 25.0 Å². The summed E-state index contributed by atoms with van der Waals surface area (Å²) in [7, 11) is 0. The molecular weight excluding hydrogens is 322 g/mol. The third kappa shape index (κ3) is 3.28. The molecular formula is C18H23N3O4. The number of fused-ring (bicyclic) bond motifs is 1. The first-order valence-electron chi connectivity index (χ1n) is 8.94. The van der Waals surface area contributed by atoms with Crippen LogP contribution in [0.5, 0.6) is 11.5 Å². The maximum absolute atomic E-state index is 12.9. The van der Waals surface area contributed by atoms with Crippen molar-refractivity contribution < 1.29 is 19.1 Å². The Kier molecular flexibility index (Phi) is 4.48. The van der Waals surface area contributed by atoms with Gasteiger partial charge in [0.25, 0.3) is 5.91 Å². The third-order valence-electron chi connectivity index (χ3n) is 5.12. The second kappa shape index (κ2) is 6.92. The van der Waals surface area contributed by atoms with Gasteiger partial charge in [0, 0.05) is 18.2 Å². The Morgan fingerprint density at radius 3 is 2.76 bits per heavy atom. The minimum atomic E-state index is -0.382. The monoisotopic (exact) mass is 345 g/mol. The molecule has 1 aromatic rings. The lowest BCUT2D eigenvalue weighted by Crippen LogP contribution is -2.51. The molecule has 2 saturated heterocycles. The SMILES string of the molecule is O=C(NC1CCNCC1)C1CCCN1C(=O)c1ccc2c(c1)OCO2. The summed E-state index contributed by atoms with van der Waals surface area (Å²) in [5.41, 5.74) is 0.533. The van der Waals surface area contributed by atoms with Crippen LogP contribution < -0.4 is 20.1 Å². The smallest absolute Gasteiger partial charge is 0.254 e. The molecule has 4 rings (SSSR count). The van der Waals surface area contributed by atoms with E-state index in [9.17, 15) is 9.59 Å². The zero-order chi connectivity index (χ0) is 17.2. The normalized spacial score (nSPS) is 22.9. The number of carbonyl (C=O) groups excluding carboxylic acids is 2. The van der Waals surface area contributed by atoms with E-state index in [0.717, 1.165) is 32.4 Å². The number of amides is 2. The number of ether oxygens (including phenoxy) is 2. The molecule has 2 fully saturated rings. The van der Waals surface area contributed by atoms with Crippen LogP contribution in [-0.2, 0) is 4.79 Å². The summed E-state index contributed by atoms with van der Waals surface area (Å²) < 4.78 is 10.6. The molecule has 7 nitrogen and oxygen atoms in total. The maximum Gasteiger partial charge on any atom is 0.254 e. The van der Waals surface area contributed by atoms with Gasteiger partial charge in [0.2, 0.25) is 12.7 Å². The molecule has 0 aliphatic carbocycles. The van der Waals surface area contributed by atoms with Gasteiger partial charge in [-0.15, -0.1) is 0 Å². The average molecular weight is 345 g/mol. The summed E-state index contributed by atoms with van der Waals surface area (Å²) in [6, 6.07) is 5.00. The lowest BCUT2D eigenvalue weighted by Gasteiger charge is -2.28. The molecule has 0 radical (unpaired) electrons. The van der Waals surface area contributed by atoms with Crippen molar-refractivity contribution in [3.63, 3.8) is 0 Å². The van der Waals surface area contributed by atoms with E-state index in [4.69, 9.17) is 9.47 Å². The molecule has 3 heterocycles. The number of rotatable bonds is 3. The van der Waals surface area contributed by atoms with Crippen LogP contribution in [0.1, 0.15) is 36.0 Å². The number of carbonyl (C=O) groups is 2. The third-order valence-corrected chi connectivity index (χ3v) is 5.12. The highest BCUT2D eigenvalue weighted by atomic mass is 16.7. The number of nitrogens with one attached hydrogen (secondary N) is 2. The lowest BCUT2D eigenvalue weighted by molar-refractivity contribution is -0.125. The second-order valence-electron chi connectivity index (χ2n) is 6.76. The zero-order valence-corrected chi connectivity index (χ0v) is 14.1. The van der Waals surface area contributed by atoms with Crippen LogP contribution in [0, 0.1) is 0 Å². The maximum atomic E-state index is 12.9. The highest BCUT2D eigenvalue weighted by molar-refractivity contribution is 5.98. The van der Waals surface area contributed by atoms with E-state index in [2.05, 4.69) is 10.6 Å². The largest absolute Gasteiger partial charge is 0.454 e. The van der Waals surface area contributed by atoms with Gasteiger partial charge in [0.05, 0.1) is 0 Å². The Hall–Kier alpha value is -2.28. The molecule has 1 atom stereocenters. The Morgan fingerprint density at radius 2 is 1.92 bits per heavy atom. The van der Waals surface area contributed by atoms with E-state index in [1.54, 1.807) is 23.1 Å². The van der Waals surface area contributed by atoms with Crippen molar-refractivity contribution in [2.24, 2.45) is 0 Å². The van der Waals surface area contributed by atoms with Crippen LogP contribution in [0.2, 0.25) is 0 Å². The number of hydrogen-bond donors (Lipinski definition) is 2. The van der Waals surface area contributed by atoms with E-state index >= 15 is 0 Å². The Bertz CT molecular complexity index is 672. The second-order valence-corrected chi connectivity index (χ2v) is 6.76. The van der Waals surface area contributed by atoms with Crippen molar-refractivity contribution in [3.05, 3.63) is 23.8 Å². The fourth-order valence-corrected chi connectivity index (χ4v) is 3.74. The van der Waals surface area contributed by atoms with E-state index in [1.165, 1.54) is 0 Å². The highest BCUT2D eigenvalue weighted by Crippen LogP contribution is 2.33. The predicted octanol–water partition coefficient (Wildman–Crippen LogP) is 0.888. The molecule has 2 N–H and O–H groups in total. The van der Waals surface area contributed by atoms with Crippen molar-refractivity contribution in [2.45, 2.75) is 37.8 Å². The Balaban J connectivity index is 1.45. The van der Waals surface area contributed by atoms with Gasteiger partial charge in [-0.25, -0.2) is 0 Å². The number of nitrogens with zero attached hydrogens (tertiary/aromatic N) is 1. The van der Waals surface area contributed by atoms with Crippen molar-refractivity contribution in [1.29, 1.82) is 0 Å². The van der Waals surface area contributed by atoms with Crippen LogP contribution in [0.25, 0.3) is 0 Å². The minimum Gasteiger partial charge on any atom is -0.454 e. The highest BCUT2D eigenvalue weighted by Gasteiger charge is 2.35. The van der Waals surface area contributed by atoms with Crippen LogP contribution in [0.15, 0.2) is 18.2 Å². The molecule has 1 unspecified atom stereocenters. The van der Waals surface area contributed by atoms with E-state index in [-0.39, 0.29) is 30.7 Å². The van der Waals surface area contributed by atoms with Crippen LogP contribution >= 0.6 is 0 Å². The van der Waals surface area contributed by atoms with Gasteiger partial charge in [-0.3, -0.25) is 9.59 Å². The number of piperidine rings is 1. The summed E-state index contributed by atoms with van der Waals surface area (Å²) in [5, 5.41) is 6.41. The molecule has 25 heavy (non-hydrogen) atoms. The van der Waals surface area contributed by atoms with E-state index in [0.29, 0.717) is 30.0 Å². The van der Waals surface area contributed by atoms with Crippen molar-refractivity contribution >= 4 is 11.8 Å². The summed E-state index contributed by atoms with van der Waals surface area (Å²) in [5.74, 6) is 1.08. The van der Waals surface area contributed by atoms with Crippen LogP contribution in [-0.4, -0.2) is 55.2 Å². The molecule has 0 bridgehead atoms. The molecule has 3 aliphatic heterocycles. The van der Waals surface area contributed by atoms with Gasteiger partial charge in [-0.2, -0.15) is 0 Å². The quantitative estimate of drug-likeness (QED) is 0.850. The first kappa shape index (κ1) is 16.2. The molecule has 3 aliphatic rings. The number of hydrogen-bond acceptors (Lipinski definition) is 5. The molecule has 0 spiro atoms. The zero-order valence-electron chi connectivity index (χ0n) is 14.1. The van der Waals surface area contributed by atoms with Crippen molar-refractivity contribution in [1.82, 2.24) is 15.5 Å². The minimum absolute atomic E-state index is 0.0292. The molecule has 0 saturated carbocycles. The first-order chi connectivity index (χ1) is 12.2. The summed E-state index contributed by atoms with van der Waals surface area (Å²) in [6.45, 7) is 2.64. The van der Waals surface area contributed by atoms with E-state index in [1.807, 2.05) is 0 Å². The molecule has 0 aromatic heterocycles. The van der Waals surface area contributed by atoms with Crippen LogP contribution in [0.4, 0.5) is 0 Å². The van der Waals surface area contributed by atoms with Crippen molar-refractivity contribution in [2.75, 3.05) is 26.4 Å². The topological polar surface area (TPSA) is 79.9 Å². The first-order valence-corrected chi connectivity index (χ1v) is 8.94. The fourth-order valence-electron chi connectivity index (χ4n) is 3.74. The van der Waals surface area contributed by atoms with Crippen LogP contribution in [0.3, 0.4) is 0 Å². The van der Waals surface area contributed by atoms with Gasteiger partial charge in [-0.1, -0.05) is 0 Å². The Labute approximate surface area is 146 Å². The lowest BCUT2D eigenvalue weighted by atomic mass is 10.1. The van der Waals surface area contributed by atoms with Gasteiger partial charge in [-0.05, 0) is 57.0 Å². The Morgan fingerprint density at radius 1 is 1.12 bits per heavy atom. The molecule has 2 amide bonds. The van der Waals surface area contributed by atoms with E-state index < -0.39 is 0 Å².